The van der Waals surface area contributed by atoms with Gasteiger partial charge in [-0.25, -0.2) is 14.2 Å². The van der Waals surface area contributed by atoms with Crippen LogP contribution in [0.5, 0.6) is 0 Å². The topological polar surface area (TPSA) is 148 Å². The summed E-state index contributed by atoms with van der Waals surface area (Å²) in [6.07, 6.45) is 0.808. The number of aromatic nitrogens is 2. The lowest BCUT2D eigenvalue weighted by atomic mass is 9.81. The molecule has 1 fully saturated rings. The SMILES string of the molecule is CC[C@@]1(O)C(=O)OCc2c1cc1n(c2=O)Cc2c-1nc1cc(F)c(C)c3c1c2[C@@H](NC(=O)[C@@H]1CC(=O)CN1C(C)=O)CC3. The monoisotopic (exact) mass is 588 g/mol. The number of aryl methyl sites for hydroxylation is 1. The van der Waals surface area contributed by atoms with Gasteiger partial charge in [0.1, 0.15) is 18.5 Å². The average Bonchev–Trinajstić information content (AvgIpc) is 3.55. The molecule has 2 amide bonds. The van der Waals surface area contributed by atoms with E-state index in [1.807, 2.05) is 0 Å². The summed E-state index contributed by atoms with van der Waals surface area (Å²) in [5.41, 5.74) is 1.69. The van der Waals surface area contributed by atoms with E-state index < -0.39 is 40.9 Å². The Morgan fingerprint density at radius 3 is 2.67 bits per heavy atom. The third-order valence-electron chi connectivity index (χ3n) is 9.55. The Kier molecular flexibility index (Phi) is 5.91. The Balaban J connectivity index is 1.41. The molecular formula is C31H29FN4O7. The number of rotatable bonds is 3. The Bertz CT molecular complexity index is 1900. The third-order valence-corrected chi connectivity index (χ3v) is 9.55. The van der Waals surface area contributed by atoms with E-state index in [2.05, 4.69) is 5.32 Å². The second-order valence-electron chi connectivity index (χ2n) is 11.8. The normalized spacial score (nSPS) is 23.6. The highest BCUT2D eigenvalue weighted by atomic mass is 19.1. The number of fused-ring (bicyclic) bond motifs is 5. The van der Waals surface area contributed by atoms with E-state index in [0.29, 0.717) is 51.8 Å². The molecule has 2 N–H and O–H groups in total. The van der Waals surface area contributed by atoms with Crippen LogP contribution in [0.3, 0.4) is 0 Å². The number of Topliss-reactive ketones (excluding diaryl/α,β-unsaturated/α-hetero) is 1. The molecule has 222 valence electrons. The summed E-state index contributed by atoms with van der Waals surface area (Å²) in [5.74, 6) is -2.28. The molecule has 0 unspecified atom stereocenters. The largest absolute Gasteiger partial charge is 0.458 e. The second kappa shape index (κ2) is 9.27. The van der Waals surface area contributed by atoms with Gasteiger partial charge in [0.05, 0.1) is 41.6 Å². The molecule has 0 saturated carbocycles. The number of cyclic esters (lactones) is 1. The highest BCUT2D eigenvalue weighted by molar-refractivity contribution is 5.99. The Hall–Kier alpha value is -4.45. The number of carbonyl (C=O) groups excluding carboxylic acids is 4. The fourth-order valence-corrected chi connectivity index (χ4v) is 7.22. The first-order valence-electron chi connectivity index (χ1n) is 14.4. The van der Waals surface area contributed by atoms with Crippen molar-refractivity contribution in [3.8, 4) is 11.4 Å². The van der Waals surface area contributed by atoms with Gasteiger partial charge in [0, 0.05) is 35.9 Å². The zero-order valence-electron chi connectivity index (χ0n) is 23.9. The van der Waals surface area contributed by atoms with Crippen LogP contribution in [-0.4, -0.2) is 55.7 Å². The Morgan fingerprint density at radius 1 is 1.19 bits per heavy atom. The second-order valence-corrected chi connectivity index (χ2v) is 11.8. The van der Waals surface area contributed by atoms with Crippen molar-refractivity contribution >= 4 is 34.5 Å². The Morgan fingerprint density at radius 2 is 1.95 bits per heavy atom. The van der Waals surface area contributed by atoms with Gasteiger partial charge in [-0.2, -0.15) is 0 Å². The van der Waals surface area contributed by atoms with Crippen molar-refractivity contribution < 1.29 is 33.4 Å². The van der Waals surface area contributed by atoms with Gasteiger partial charge in [-0.1, -0.05) is 6.92 Å². The summed E-state index contributed by atoms with van der Waals surface area (Å²) in [4.78, 5) is 70.3. The van der Waals surface area contributed by atoms with Crippen LogP contribution < -0.4 is 10.9 Å². The van der Waals surface area contributed by atoms with Crippen molar-refractivity contribution in [3.63, 3.8) is 0 Å². The molecule has 1 saturated heterocycles. The lowest BCUT2D eigenvalue weighted by Crippen LogP contribution is -2.46. The van der Waals surface area contributed by atoms with E-state index >= 15 is 4.39 Å². The number of carbonyl (C=O) groups is 4. The number of esters is 1. The molecule has 2 aromatic heterocycles. The molecule has 3 atom stereocenters. The number of halogens is 1. The summed E-state index contributed by atoms with van der Waals surface area (Å²) in [6.45, 7) is 4.36. The molecule has 0 bridgehead atoms. The predicted molar refractivity (Wildman–Crippen MR) is 149 cm³/mol. The summed E-state index contributed by atoms with van der Waals surface area (Å²) in [6, 6.07) is 1.44. The maximum Gasteiger partial charge on any atom is 0.343 e. The summed E-state index contributed by atoms with van der Waals surface area (Å²) in [7, 11) is 0. The highest BCUT2D eigenvalue weighted by Gasteiger charge is 2.46. The van der Waals surface area contributed by atoms with Crippen molar-refractivity contribution in [2.75, 3.05) is 6.54 Å². The quantitative estimate of drug-likeness (QED) is 0.345. The molecule has 12 heteroatoms. The van der Waals surface area contributed by atoms with Crippen LogP contribution in [0.4, 0.5) is 4.39 Å². The molecule has 11 nitrogen and oxygen atoms in total. The zero-order valence-corrected chi connectivity index (χ0v) is 23.9. The van der Waals surface area contributed by atoms with E-state index in [-0.39, 0.29) is 55.4 Å². The molecular weight excluding hydrogens is 559 g/mol. The number of hydrogen-bond donors (Lipinski definition) is 2. The highest BCUT2D eigenvalue weighted by Crippen LogP contribution is 2.46. The van der Waals surface area contributed by atoms with E-state index in [4.69, 9.17) is 9.72 Å². The maximum absolute atomic E-state index is 15.1. The van der Waals surface area contributed by atoms with Gasteiger partial charge < -0.3 is 24.6 Å². The third kappa shape index (κ3) is 3.75. The van der Waals surface area contributed by atoms with E-state index in [9.17, 15) is 29.1 Å². The van der Waals surface area contributed by atoms with Gasteiger partial charge in [-0.3, -0.25) is 19.2 Å². The van der Waals surface area contributed by atoms with Crippen molar-refractivity contribution in [1.82, 2.24) is 19.8 Å². The standard InChI is InChI=1S/C31H29FN4O7/c1-4-31(42)19-8-23-27-17(11-36(23)29(40)18(19)12-43-30(31)41)26-21(34-28(39)24-7-15(38)10-35(24)14(3)37)6-5-16-13(2)20(32)9-22(33-27)25(16)26/h8-9,21,24,42H,4-7,10-12H2,1-3H3,(H,34,39)/t21-,24-,31-/m0/s1. The van der Waals surface area contributed by atoms with Gasteiger partial charge in [-0.15, -0.1) is 0 Å². The molecule has 7 rings (SSSR count). The first-order chi connectivity index (χ1) is 20.4. The van der Waals surface area contributed by atoms with Gasteiger partial charge in [0.15, 0.2) is 11.4 Å². The van der Waals surface area contributed by atoms with Gasteiger partial charge >= 0.3 is 5.97 Å². The van der Waals surface area contributed by atoms with Crippen molar-refractivity contribution in [3.05, 3.63) is 61.7 Å². The molecule has 0 radical (unpaired) electrons. The number of benzene rings is 1. The lowest BCUT2D eigenvalue weighted by molar-refractivity contribution is -0.172. The van der Waals surface area contributed by atoms with Crippen LogP contribution in [0.2, 0.25) is 0 Å². The van der Waals surface area contributed by atoms with Crippen molar-refractivity contribution in [1.29, 1.82) is 0 Å². The molecule has 43 heavy (non-hydrogen) atoms. The zero-order chi connectivity index (χ0) is 30.5. The van der Waals surface area contributed by atoms with Crippen LogP contribution in [0.1, 0.15) is 72.5 Å². The van der Waals surface area contributed by atoms with E-state index in [1.54, 1.807) is 19.9 Å². The lowest BCUT2D eigenvalue weighted by Gasteiger charge is -2.31. The first kappa shape index (κ1) is 27.4. The number of ketones is 1. The summed E-state index contributed by atoms with van der Waals surface area (Å²) < 4.78 is 21.8. The minimum atomic E-state index is -2.00. The number of hydrogen-bond acceptors (Lipinski definition) is 8. The number of pyridine rings is 2. The smallest absolute Gasteiger partial charge is 0.343 e. The first-order valence-corrected chi connectivity index (χ1v) is 14.4. The summed E-state index contributed by atoms with van der Waals surface area (Å²) in [5, 5.41) is 15.0. The molecule has 0 spiro atoms. The molecule has 3 aliphatic heterocycles. The van der Waals surface area contributed by atoms with Gasteiger partial charge in [0.2, 0.25) is 11.8 Å². The van der Waals surface area contributed by atoms with Crippen LogP contribution >= 0.6 is 0 Å². The maximum atomic E-state index is 15.1. The van der Waals surface area contributed by atoms with Crippen molar-refractivity contribution in [2.45, 2.75) is 77.3 Å². The van der Waals surface area contributed by atoms with Gasteiger partial charge in [-0.05, 0) is 48.9 Å². The predicted octanol–water partition coefficient (Wildman–Crippen LogP) is 1.82. The van der Waals surface area contributed by atoms with Crippen LogP contribution in [0, 0.1) is 12.7 Å². The fourth-order valence-electron chi connectivity index (χ4n) is 7.22. The Labute approximate surface area is 244 Å². The number of nitrogens with zero attached hydrogens (tertiary/aromatic N) is 3. The van der Waals surface area contributed by atoms with E-state index in [0.717, 1.165) is 5.56 Å². The minimum absolute atomic E-state index is 0.00606. The number of aliphatic hydroxyl groups is 1. The summed E-state index contributed by atoms with van der Waals surface area (Å²) >= 11 is 0. The fraction of sp³-hybridized carbons (Fsp3) is 0.419. The number of amides is 2. The number of nitrogens with one attached hydrogen (secondary N) is 1. The average molecular weight is 589 g/mol. The molecule has 3 aromatic rings. The molecule has 5 heterocycles. The van der Waals surface area contributed by atoms with Crippen molar-refractivity contribution in [2.24, 2.45) is 0 Å². The van der Waals surface area contributed by atoms with Gasteiger partial charge in [0.25, 0.3) is 5.56 Å². The minimum Gasteiger partial charge on any atom is -0.458 e. The van der Waals surface area contributed by atoms with Crippen LogP contribution in [0.15, 0.2) is 16.9 Å². The number of likely N-dealkylation sites (tertiary alicyclic amines) is 1. The van der Waals surface area contributed by atoms with Crippen LogP contribution in [0.25, 0.3) is 22.3 Å². The molecule has 1 aromatic carbocycles. The van der Waals surface area contributed by atoms with E-state index in [1.165, 1.54) is 22.5 Å². The van der Waals surface area contributed by atoms with Crippen LogP contribution in [-0.2, 0) is 49.1 Å². The molecule has 1 aliphatic carbocycles. The number of ether oxygens (including phenoxy) is 1. The molecule has 4 aliphatic rings.